The van der Waals surface area contributed by atoms with E-state index in [0.717, 1.165) is 17.8 Å². The maximum atomic E-state index is 12.0. The Morgan fingerprint density at radius 3 is 2.15 bits per heavy atom. The van der Waals surface area contributed by atoms with Gasteiger partial charge in [0.25, 0.3) is 5.91 Å². The minimum atomic E-state index is -0.667. The van der Waals surface area contributed by atoms with E-state index in [9.17, 15) is 9.59 Å². The van der Waals surface area contributed by atoms with Crippen LogP contribution in [0, 0.1) is 17.8 Å². The number of nitrogens with one attached hydrogen (secondary N) is 1. The third-order valence-corrected chi connectivity index (χ3v) is 6.82. The molecule has 0 heterocycles. The summed E-state index contributed by atoms with van der Waals surface area (Å²) in [5.74, 6) is 2.65. The van der Waals surface area contributed by atoms with E-state index in [1.54, 1.807) is 6.92 Å². The molecule has 1 N–H and O–H groups in total. The first kappa shape index (κ1) is 18.3. The number of rotatable bonds is 6. The Morgan fingerprint density at radius 2 is 1.63 bits per heavy atom. The van der Waals surface area contributed by atoms with Gasteiger partial charge in [0.15, 0.2) is 6.10 Å². The molecule has 0 saturated heterocycles. The lowest BCUT2D eigenvalue weighted by Crippen LogP contribution is -2.48. The first-order valence-corrected chi connectivity index (χ1v) is 10.1. The summed E-state index contributed by atoms with van der Waals surface area (Å²) in [6.45, 7) is 1.54. The second kappa shape index (κ2) is 7.17. The summed E-state index contributed by atoms with van der Waals surface area (Å²) in [4.78, 5) is 23.1. The molecular weight excluding hydrogens is 342 g/mol. The van der Waals surface area contributed by atoms with Gasteiger partial charge >= 0.3 is 5.97 Å². The van der Waals surface area contributed by atoms with Crippen LogP contribution in [-0.4, -0.2) is 31.6 Å². The minimum absolute atomic E-state index is 0.145. The van der Waals surface area contributed by atoms with E-state index >= 15 is 0 Å². The largest absolute Gasteiger partial charge is 0.481 e. The molecule has 27 heavy (non-hydrogen) atoms. The molecule has 0 spiro atoms. The molecule has 1 aromatic carbocycles. The molecule has 4 saturated carbocycles. The summed E-state index contributed by atoms with van der Waals surface area (Å²) in [5.41, 5.74) is 1.81. The van der Waals surface area contributed by atoms with Gasteiger partial charge < -0.3 is 14.8 Å². The van der Waals surface area contributed by atoms with E-state index in [2.05, 4.69) is 22.2 Å². The Balaban J connectivity index is 1.38. The summed E-state index contributed by atoms with van der Waals surface area (Å²) in [6.07, 6.45) is 7.68. The number of methoxy groups -OCH3 is 1. The van der Waals surface area contributed by atoms with Crippen LogP contribution in [0.15, 0.2) is 24.3 Å². The molecule has 5 heteroatoms. The Bertz CT molecular complexity index is 676. The second-order valence-electron chi connectivity index (χ2n) is 8.78. The van der Waals surface area contributed by atoms with Crippen LogP contribution in [0.3, 0.4) is 0 Å². The Kier molecular flexibility index (Phi) is 4.87. The molecule has 4 fully saturated rings. The number of hydrogen-bond donors (Lipinski definition) is 1. The highest BCUT2D eigenvalue weighted by atomic mass is 16.5. The number of ether oxygens (including phenoxy) is 2. The molecule has 4 bridgehead atoms. The van der Waals surface area contributed by atoms with Crippen LogP contribution >= 0.6 is 0 Å². The van der Waals surface area contributed by atoms with E-state index in [4.69, 9.17) is 4.74 Å². The van der Waals surface area contributed by atoms with E-state index < -0.39 is 12.1 Å². The molecule has 1 atom stereocenters. The lowest BCUT2D eigenvalue weighted by atomic mass is 9.48. The number of carbonyl (C=O) groups is 2. The van der Waals surface area contributed by atoms with Gasteiger partial charge in [0.1, 0.15) is 12.3 Å². The van der Waals surface area contributed by atoms with Crippen molar-refractivity contribution in [1.29, 1.82) is 0 Å². The van der Waals surface area contributed by atoms with Gasteiger partial charge in [-0.2, -0.15) is 0 Å². The smallest absolute Gasteiger partial charge is 0.325 e. The van der Waals surface area contributed by atoms with Crippen molar-refractivity contribution < 1.29 is 19.1 Å². The van der Waals surface area contributed by atoms with Crippen LogP contribution in [0.5, 0.6) is 5.75 Å². The highest BCUT2D eigenvalue weighted by molar-refractivity contribution is 5.84. The van der Waals surface area contributed by atoms with E-state index in [0.29, 0.717) is 11.2 Å². The summed E-state index contributed by atoms with van der Waals surface area (Å²) in [6, 6.07) is 8.36. The van der Waals surface area contributed by atoms with Gasteiger partial charge in [-0.15, -0.1) is 0 Å². The lowest BCUT2D eigenvalue weighted by molar-refractivity contribution is -0.141. The maximum absolute atomic E-state index is 12.0. The number of amides is 1. The van der Waals surface area contributed by atoms with E-state index in [1.807, 2.05) is 12.1 Å². The van der Waals surface area contributed by atoms with Crippen LogP contribution < -0.4 is 10.1 Å². The molecule has 5 rings (SSSR count). The molecule has 0 aromatic heterocycles. The van der Waals surface area contributed by atoms with Crippen molar-refractivity contribution in [3.8, 4) is 5.75 Å². The molecule has 4 aliphatic carbocycles. The Morgan fingerprint density at radius 1 is 1.07 bits per heavy atom. The van der Waals surface area contributed by atoms with Gasteiger partial charge in [-0.1, -0.05) is 12.1 Å². The van der Waals surface area contributed by atoms with Crippen molar-refractivity contribution in [2.75, 3.05) is 13.7 Å². The van der Waals surface area contributed by atoms with Crippen LogP contribution in [0.1, 0.15) is 51.0 Å². The number of hydrogen-bond acceptors (Lipinski definition) is 4. The Labute approximate surface area is 160 Å². The highest BCUT2D eigenvalue weighted by Crippen LogP contribution is 2.60. The van der Waals surface area contributed by atoms with Gasteiger partial charge in [-0.3, -0.25) is 9.59 Å². The summed E-state index contributed by atoms with van der Waals surface area (Å²) >= 11 is 0. The van der Waals surface area contributed by atoms with Crippen molar-refractivity contribution >= 4 is 11.9 Å². The van der Waals surface area contributed by atoms with Gasteiger partial charge in [-0.05, 0) is 86.3 Å². The number of esters is 1. The third-order valence-electron chi connectivity index (χ3n) is 6.82. The quantitative estimate of drug-likeness (QED) is 0.780. The maximum Gasteiger partial charge on any atom is 0.325 e. The normalized spacial score (nSPS) is 32.0. The van der Waals surface area contributed by atoms with Crippen molar-refractivity contribution in [2.24, 2.45) is 17.8 Å². The van der Waals surface area contributed by atoms with Gasteiger partial charge in [0.05, 0.1) is 7.11 Å². The fourth-order valence-electron chi connectivity index (χ4n) is 5.98. The summed E-state index contributed by atoms with van der Waals surface area (Å²) < 4.78 is 10.3. The predicted molar refractivity (Wildman–Crippen MR) is 101 cm³/mol. The minimum Gasteiger partial charge on any atom is -0.481 e. The lowest BCUT2D eigenvalue weighted by Gasteiger charge is -2.57. The first-order valence-electron chi connectivity index (χ1n) is 10.1. The predicted octanol–water partition coefficient (Wildman–Crippen LogP) is 3.21. The average molecular weight is 371 g/mol. The Hall–Kier alpha value is -2.04. The monoisotopic (exact) mass is 371 g/mol. The summed E-state index contributed by atoms with van der Waals surface area (Å²) in [5, 5.41) is 2.52. The van der Waals surface area contributed by atoms with Crippen molar-refractivity contribution in [2.45, 2.75) is 57.0 Å². The van der Waals surface area contributed by atoms with E-state index in [1.165, 1.54) is 51.2 Å². The van der Waals surface area contributed by atoms with Gasteiger partial charge in [-0.25, -0.2) is 0 Å². The zero-order valence-electron chi connectivity index (χ0n) is 16.2. The fraction of sp³-hybridized carbons (Fsp3) is 0.636. The van der Waals surface area contributed by atoms with Crippen molar-refractivity contribution in [3.63, 3.8) is 0 Å². The van der Waals surface area contributed by atoms with Crippen LogP contribution in [0.25, 0.3) is 0 Å². The molecular formula is C22H29NO4. The fourth-order valence-corrected chi connectivity index (χ4v) is 5.98. The third kappa shape index (κ3) is 3.69. The van der Waals surface area contributed by atoms with Crippen molar-refractivity contribution in [3.05, 3.63) is 29.8 Å². The zero-order chi connectivity index (χ0) is 19.0. The van der Waals surface area contributed by atoms with Gasteiger partial charge in [0, 0.05) is 0 Å². The average Bonchev–Trinajstić information content (AvgIpc) is 2.65. The molecule has 0 unspecified atom stereocenters. The van der Waals surface area contributed by atoms with Crippen LogP contribution in [-0.2, 0) is 19.7 Å². The van der Waals surface area contributed by atoms with Gasteiger partial charge in [0.2, 0.25) is 0 Å². The zero-order valence-corrected chi connectivity index (χ0v) is 16.2. The second-order valence-corrected chi connectivity index (χ2v) is 8.78. The number of carbonyl (C=O) groups excluding carboxylic acids is 2. The molecule has 146 valence electrons. The molecule has 1 amide bonds. The SMILES string of the molecule is COC(=O)CNC(=O)[C@@H](C)Oc1ccc(C23CC4CC(CC(C4)C2)C3)cc1. The van der Waals surface area contributed by atoms with Crippen LogP contribution in [0.4, 0.5) is 0 Å². The number of benzene rings is 1. The first-order chi connectivity index (χ1) is 13.0. The van der Waals surface area contributed by atoms with E-state index in [-0.39, 0.29) is 12.5 Å². The molecule has 0 aliphatic heterocycles. The highest BCUT2D eigenvalue weighted by Gasteiger charge is 2.51. The van der Waals surface area contributed by atoms with Crippen LogP contribution in [0.2, 0.25) is 0 Å². The topological polar surface area (TPSA) is 64.6 Å². The molecule has 4 aliphatic rings. The molecule has 1 aromatic rings. The van der Waals surface area contributed by atoms with Crippen molar-refractivity contribution in [1.82, 2.24) is 5.32 Å². The standard InChI is InChI=1S/C22H29NO4/c1-14(21(25)23-13-20(24)26-2)27-19-5-3-18(4-6-19)22-10-15-7-16(11-22)9-17(8-15)12-22/h3-6,14-17H,7-13H2,1-2H3,(H,23,25)/t14-,15?,16?,17?,22?/m1/s1. The molecule has 5 nitrogen and oxygen atoms in total. The molecule has 0 radical (unpaired) electrons. The summed E-state index contributed by atoms with van der Waals surface area (Å²) in [7, 11) is 1.29.